The second-order valence-electron chi connectivity index (χ2n) is 5.73. The number of hydrogen-bond acceptors (Lipinski definition) is 2. The van der Waals surface area contributed by atoms with Crippen molar-refractivity contribution in [2.45, 2.75) is 26.3 Å². The number of aryl methyl sites for hydroxylation is 1. The summed E-state index contributed by atoms with van der Waals surface area (Å²) >= 11 is 5.53. The van der Waals surface area contributed by atoms with Gasteiger partial charge in [-0.2, -0.15) is 5.10 Å². The zero-order valence-corrected chi connectivity index (χ0v) is 13.5. The minimum Gasteiger partial charge on any atom is -0.370 e. The topological polar surface area (TPSA) is 21.1 Å². The molecule has 0 aliphatic heterocycles. The van der Waals surface area contributed by atoms with Crippen LogP contribution in [0.5, 0.6) is 0 Å². The first-order valence-electron chi connectivity index (χ1n) is 6.68. The molecule has 2 aromatic rings. The number of benzene rings is 1. The molecular weight excluding hydrogens is 266 g/mol. The van der Waals surface area contributed by atoms with Gasteiger partial charge in [0, 0.05) is 25.9 Å². The van der Waals surface area contributed by atoms with E-state index in [-0.39, 0.29) is 5.54 Å². The van der Waals surface area contributed by atoms with E-state index in [1.54, 1.807) is 0 Å². The third kappa shape index (κ3) is 2.61. The van der Waals surface area contributed by atoms with Crippen LogP contribution in [0.25, 0.3) is 11.3 Å². The van der Waals surface area contributed by atoms with Crippen molar-refractivity contribution in [1.29, 1.82) is 0 Å². The summed E-state index contributed by atoms with van der Waals surface area (Å²) in [7, 11) is 3.94. The van der Waals surface area contributed by atoms with E-state index in [0.29, 0.717) is 0 Å². The Morgan fingerprint density at radius 3 is 2.35 bits per heavy atom. The fourth-order valence-electron chi connectivity index (χ4n) is 2.27. The Hall–Kier alpha value is -1.68. The van der Waals surface area contributed by atoms with Gasteiger partial charge in [0.05, 0.1) is 5.69 Å². The van der Waals surface area contributed by atoms with Gasteiger partial charge in [0.2, 0.25) is 0 Å². The average molecular weight is 287 g/mol. The summed E-state index contributed by atoms with van der Waals surface area (Å²) in [4.78, 5) is 2.83. The lowest BCUT2D eigenvalue weighted by molar-refractivity contribution is 0.402. The van der Waals surface area contributed by atoms with E-state index in [1.165, 1.54) is 0 Å². The van der Waals surface area contributed by atoms with Crippen molar-refractivity contribution in [2.75, 3.05) is 14.1 Å². The van der Waals surface area contributed by atoms with Crippen molar-refractivity contribution < 1.29 is 0 Å². The summed E-state index contributed by atoms with van der Waals surface area (Å²) in [6, 6.07) is 10.2. The molecule has 1 aromatic heterocycles. The maximum Gasteiger partial charge on any atom is 0.107 e. The fraction of sp³-hybridized carbons (Fsp3) is 0.375. The molecule has 20 heavy (non-hydrogen) atoms. The Morgan fingerprint density at radius 2 is 1.80 bits per heavy atom. The van der Waals surface area contributed by atoms with Crippen LogP contribution >= 0.6 is 12.2 Å². The second kappa shape index (κ2) is 5.37. The van der Waals surface area contributed by atoms with Gasteiger partial charge in [-0.05, 0) is 26.3 Å². The minimum atomic E-state index is -0.323. The van der Waals surface area contributed by atoms with Crippen LogP contribution in [-0.4, -0.2) is 33.8 Å². The monoisotopic (exact) mass is 287 g/mol. The van der Waals surface area contributed by atoms with Gasteiger partial charge < -0.3 is 4.90 Å². The van der Waals surface area contributed by atoms with E-state index in [2.05, 4.69) is 39.1 Å². The molecule has 0 aliphatic rings. The van der Waals surface area contributed by atoms with Crippen LogP contribution < -0.4 is 0 Å². The summed E-state index contributed by atoms with van der Waals surface area (Å²) in [5, 5.41) is 4.76. The highest BCUT2D eigenvalue weighted by Crippen LogP contribution is 2.25. The molecule has 1 heterocycles. The molecule has 4 heteroatoms. The van der Waals surface area contributed by atoms with Gasteiger partial charge in [0.15, 0.2) is 0 Å². The van der Waals surface area contributed by atoms with Crippen LogP contribution in [0, 0.1) is 6.92 Å². The molecule has 0 atom stereocenters. The highest BCUT2D eigenvalue weighted by Gasteiger charge is 2.29. The Morgan fingerprint density at radius 1 is 1.20 bits per heavy atom. The lowest BCUT2D eigenvalue weighted by atomic mass is 10.1. The van der Waals surface area contributed by atoms with Gasteiger partial charge in [0.1, 0.15) is 10.5 Å². The van der Waals surface area contributed by atoms with Crippen LogP contribution in [0.2, 0.25) is 0 Å². The van der Waals surface area contributed by atoms with Gasteiger partial charge in [-0.15, -0.1) is 0 Å². The second-order valence-corrected chi connectivity index (χ2v) is 6.12. The molecule has 106 valence electrons. The van der Waals surface area contributed by atoms with Gasteiger partial charge in [-0.25, -0.2) is 0 Å². The van der Waals surface area contributed by atoms with Gasteiger partial charge in [0.25, 0.3) is 0 Å². The van der Waals surface area contributed by atoms with E-state index in [9.17, 15) is 0 Å². The predicted molar refractivity (Wildman–Crippen MR) is 88.0 cm³/mol. The molecule has 0 unspecified atom stereocenters. The Bertz CT molecular complexity index is 612. The summed E-state index contributed by atoms with van der Waals surface area (Å²) in [5.41, 5.74) is 2.98. The lowest BCUT2D eigenvalue weighted by Gasteiger charge is -2.30. The summed E-state index contributed by atoms with van der Waals surface area (Å²) in [6.45, 7) is 6.27. The van der Waals surface area contributed by atoms with E-state index < -0.39 is 0 Å². The number of aromatic nitrogens is 2. The van der Waals surface area contributed by atoms with Crippen LogP contribution in [0.3, 0.4) is 0 Å². The third-order valence-corrected chi connectivity index (χ3v) is 4.31. The van der Waals surface area contributed by atoms with E-state index in [4.69, 9.17) is 17.3 Å². The van der Waals surface area contributed by atoms with Gasteiger partial charge in [-0.3, -0.25) is 4.68 Å². The average Bonchev–Trinajstić information content (AvgIpc) is 2.81. The molecule has 0 radical (unpaired) electrons. The van der Waals surface area contributed by atoms with Crippen molar-refractivity contribution in [1.82, 2.24) is 14.7 Å². The largest absolute Gasteiger partial charge is 0.370 e. The van der Waals surface area contributed by atoms with Crippen LogP contribution in [0.4, 0.5) is 0 Å². The van der Waals surface area contributed by atoms with Crippen molar-refractivity contribution in [3.8, 4) is 11.3 Å². The van der Waals surface area contributed by atoms with Crippen LogP contribution in [0.15, 0.2) is 36.5 Å². The van der Waals surface area contributed by atoms with Crippen molar-refractivity contribution >= 4 is 17.2 Å². The zero-order chi connectivity index (χ0) is 14.9. The first kappa shape index (κ1) is 14.7. The van der Waals surface area contributed by atoms with Crippen molar-refractivity contribution in [3.63, 3.8) is 0 Å². The lowest BCUT2D eigenvalue weighted by Crippen LogP contribution is -2.42. The number of thiocarbonyl (C=S) groups is 1. The first-order chi connectivity index (χ1) is 9.34. The van der Waals surface area contributed by atoms with Crippen LogP contribution in [-0.2, 0) is 5.54 Å². The molecule has 3 nitrogen and oxygen atoms in total. The molecule has 0 fully saturated rings. The molecule has 0 amide bonds. The summed E-state index contributed by atoms with van der Waals surface area (Å²) in [6.07, 6.45) is 2.07. The Labute approximate surface area is 126 Å². The standard InChI is InChI=1S/C16H21N3S/c1-12-11-19(16(2,3)15(20)18(4)5)17-14(12)13-9-7-6-8-10-13/h6-11H,1-5H3. The molecule has 2 rings (SSSR count). The maximum absolute atomic E-state index is 5.53. The Balaban J connectivity index is 2.44. The van der Waals surface area contributed by atoms with Crippen molar-refractivity contribution in [2.24, 2.45) is 0 Å². The fourth-order valence-corrected chi connectivity index (χ4v) is 2.37. The molecule has 0 saturated carbocycles. The summed E-state index contributed by atoms with van der Waals surface area (Å²) in [5.74, 6) is 0. The highest BCUT2D eigenvalue weighted by atomic mass is 32.1. The van der Waals surface area contributed by atoms with Crippen LogP contribution in [0.1, 0.15) is 19.4 Å². The van der Waals surface area contributed by atoms with E-state index in [0.717, 1.165) is 21.8 Å². The molecule has 1 aromatic carbocycles. The Kier molecular flexibility index (Phi) is 3.95. The molecule has 0 N–H and O–H groups in total. The quantitative estimate of drug-likeness (QED) is 0.806. The number of hydrogen-bond donors (Lipinski definition) is 0. The minimum absolute atomic E-state index is 0.323. The number of likely N-dealkylation sites (N-methyl/N-ethyl adjacent to an activating group) is 1. The molecule has 0 aliphatic carbocycles. The van der Waals surface area contributed by atoms with Gasteiger partial charge in [-0.1, -0.05) is 42.5 Å². The zero-order valence-electron chi connectivity index (χ0n) is 12.7. The third-order valence-electron chi connectivity index (χ3n) is 3.45. The molecular formula is C16H21N3S. The summed E-state index contributed by atoms with van der Waals surface area (Å²) < 4.78 is 1.97. The van der Waals surface area contributed by atoms with Gasteiger partial charge >= 0.3 is 0 Å². The number of nitrogens with zero attached hydrogens (tertiary/aromatic N) is 3. The highest BCUT2D eigenvalue weighted by molar-refractivity contribution is 7.80. The molecule has 0 spiro atoms. The number of rotatable bonds is 3. The maximum atomic E-state index is 5.53. The smallest absolute Gasteiger partial charge is 0.107 e. The SMILES string of the molecule is Cc1cn(C(C)(C)C(=S)N(C)C)nc1-c1ccccc1. The predicted octanol–water partition coefficient (Wildman–Crippen LogP) is 3.48. The molecule has 0 saturated heterocycles. The van der Waals surface area contributed by atoms with E-state index in [1.807, 2.05) is 41.9 Å². The molecule has 0 bridgehead atoms. The first-order valence-corrected chi connectivity index (χ1v) is 7.09. The van der Waals surface area contributed by atoms with Crippen molar-refractivity contribution in [3.05, 3.63) is 42.1 Å². The normalized spacial score (nSPS) is 11.4. The van der Waals surface area contributed by atoms with E-state index >= 15 is 0 Å².